The Bertz CT molecular complexity index is 184. The lowest BCUT2D eigenvalue weighted by Crippen LogP contribution is -2.24. The molecular formula is C9H14O2. The zero-order valence-corrected chi connectivity index (χ0v) is 6.93. The van der Waals surface area contributed by atoms with Crippen LogP contribution in [0.2, 0.25) is 0 Å². The fourth-order valence-corrected chi connectivity index (χ4v) is 1.62. The molecule has 2 nitrogen and oxygen atoms in total. The lowest BCUT2D eigenvalue weighted by atomic mass is 10.0. The van der Waals surface area contributed by atoms with Crippen molar-refractivity contribution in [1.29, 1.82) is 0 Å². The number of allylic oxidation sites excluding steroid dienone is 2. The first kappa shape index (κ1) is 7.01. The van der Waals surface area contributed by atoms with Crippen molar-refractivity contribution in [1.82, 2.24) is 0 Å². The van der Waals surface area contributed by atoms with E-state index < -0.39 is 0 Å². The average molecular weight is 154 g/mol. The zero-order chi connectivity index (χ0) is 7.68. The summed E-state index contributed by atoms with van der Waals surface area (Å²) in [4.78, 5) is 0. The highest BCUT2D eigenvalue weighted by atomic mass is 16.6. The maximum Gasteiger partial charge on any atom is 0.134 e. The molecule has 2 heteroatoms. The molecule has 2 aliphatic rings. The summed E-state index contributed by atoms with van der Waals surface area (Å²) in [5.74, 6) is 2.24. The van der Waals surface area contributed by atoms with Gasteiger partial charge in [-0.2, -0.15) is 0 Å². The van der Waals surface area contributed by atoms with Crippen molar-refractivity contribution in [3.05, 3.63) is 11.5 Å². The second kappa shape index (κ2) is 2.76. The number of rotatable bonds is 0. The van der Waals surface area contributed by atoms with E-state index in [1.807, 2.05) is 0 Å². The van der Waals surface area contributed by atoms with Crippen LogP contribution in [0.3, 0.4) is 0 Å². The normalized spacial score (nSPS) is 30.5. The van der Waals surface area contributed by atoms with E-state index in [-0.39, 0.29) is 6.10 Å². The van der Waals surface area contributed by atoms with Crippen molar-refractivity contribution in [2.24, 2.45) is 0 Å². The maximum absolute atomic E-state index is 5.64. The Balaban J connectivity index is 2.12. The van der Waals surface area contributed by atoms with Crippen LogP contribution in [0, 0.1) is 0 Å². The minimum absolute atomic E-state index is 0.256. The average Bonchev–Trinajstić information content (AvgIpc) is 2.04. The van der Waals surface area contributed by atoms with E-state index in [2.05, 4.69) is 6.92 Å². The van der Waals surface area contributed by atoms with Gasteiger partial charge in [0, 0.05) is 12.8 Å². The molecule has 0 aromatic carbocycles. The first-order chi connectivity index (χ1) is 5.36. The Morgan fingerprint density at radius 1 is 1.18 bits per heavy atom. The first-order valence-corrected chi connectivity index (χ1v) is 4.38. The van der Waals surface area contributed by atoms with Crippen LogP contribution in [0.15, 0.2) is 11.5 Å². The highest BCUT2D eigenvalue weighted by molar-refractivity contribution is 5.07. The van der Waals surface area contributed by atoms with Crippen molar-refractivity contribution in [3.8, 4) is 0 Å². The topological polar surface area (TPSA) is 18.5 Å². The van der Waals surface area contributed by atoms with Crippen LogP contribution < -0.4 is 0 Å². The summed E-state index contributed by atoms with van der Waals surface area (Å²) in [5, 5.41) is 0. The summed E-state index contributed by atoms with van der Waals surface area (Å²) in [6.07, 6.45) is 4.94. The quantitative estimate of drug-likeness (QED) is 0.532. The van der Waals surface area contributed by atoms with Crippen molar-refractivity contribution in [2.45, 2.75) is 38.7 Å². The first-order valence-electron chi connectivity index (χ1n) is 4.38. The van der Waals surface area contributed by atoms with E-state index in [4.69, 9.17) is 9.47 Å². The number of hydrogen-bond acceptors (Lipinski definition) is 2. The van der Waals surface area contributed by atoms with Gasteiger partial charge in [-0.05, 0) is 19.8 Å². The van der Waals surface area contributed by atoms with Crippen LogP contribution in [0.5, 0.6) is 0 Å². The van der Waals surface area contributed by atoms with Crippen molar-refractivity contribution in [3.63, 3.8) is 0 Å². The Labute approximate surface area is 67.2 Å². The zero-order valence-electron chi connectivity index (χ0n) is 6.93. The molecule has 1 unspecified atom stereocenters. The summed E-state index contributed by atoms with van der Waals surface area (Å²) in [6.45, 7) is 2.79. The molecule has 1 heterocycles. The molecule has 0 spiro atoms. The van der Waals surface area contributed by atoms with Crippen LogP contribution in [0.25, 0.3) is 0 Å². The SMILES string of the molecule is CC1COC2=C(CCCC2)O1. The Morgan fingerprint density at radius 2 is 1.91 bits per heavy atom. The van der Waals surface area contributed by atoms with Crippen LogP contribution in [0.4, 0.5) is 0 Å². The summed E-state index contributed by atoms with van der Waals surface area (Å²) in [7, 11) is 0. The van der Waals surface area contributed by atoms with E-state index in [9.17, 15) is 0 Å². The molecule has 1 aliphatic heterocycles. The Hall–Kier alpha value is -0.660. The third-order valence-corrected chi connectivity index (χ3v) is 2.20. The monoisotopic (exact) mass is 154 g/mol. The predicted octanol–water partition coefficient (Wildman–Crippen LogP) is 2.21. The van der Waals surface area contributed by atoms with E-state index in [0.717, 1.165) is 31.0 Å². The smallest absolute Gasteiger partial charge is 0.134 e. The summed E-state index contributed by atoms with van der Waals surface area (Å²) >= 11 is 0. The van der Waals surface area contributed by atoms with Gasteiger partial charge in [0.25, 0.3) is 0 Å². The van der Waals surface area contributed by atoms with Gasteiger partial charge >= 0.3 is 0 Å². The summed E-state index contributed by atoms with van der Waals surface area (Å²) in [5.41, 5.74) is 0. The fourth-order valence-electron chi connectivity index (χ4n) is 1.62. The third kappa shape index (κ3) is 1.35. The van der Waals surface area contributed by atoms with E-state index in [1.165, 1.54) is 12.8 Å². The Kier molecular flexibility index (Phi) is 1.76. The van der Waals surface area contributed by atoms with Crippen LogP contribution in [-0.2, 0) is 9.47 Å². The predicted molar refractivity (Wildman–Crippen MR) is 42.0 cm³/mol. The molecule has 1 atom stereocenters. The summed E-state index contributed by atoms with van der Waals surface area (Å²) in [6, 6.07) is 0. The second-order valence-electron chi connectivity index (χ2n) is 3.29. The van der Waals surface area contributed by atoms with Gasteiger partial charge in [-0.15, -0.1) is 0 Å². The van der Waals surface area contributed by atoms with E-state index >= 15 is 0 Å². The molecule has 0 saturated heterocycles. The second-order valence-corrected chi connectivity index (χ2v) is 3.29. The molecule has 0 amide bonds. The third-order valence-electron chi connectivity index (χ3n) is 2.20. The van der Waals surface area contributed by atoms with Crippen molar-refractivity contribution >= 4 is 0 Å². The van der Waals surface area contributed by atoms with Gasteiger partial charge in [0.1, 0.15) is 24.2 Å². The molecule has 62 valence electrons. The molecule has 0 bridgehead atoms. The number of hydrogen-bond donors (Lipinski definition) is 0. The van der Waals surface area contributed by atoms with E-state index in [0.29, 0.717) is 0 Å². The summed E-state index contributed by atoms with van der Waals surface area (Å²) < 4.78 is 11.2. The van der Waals surface area contributed by atoms with Crippen LogP contribution in [0.1, 0.15) is 32.6 Å². The number of ether oxygens (including phenoxy) is 2. The van der Waals surface area contributed by atoms with Crippen LogP contribution in [-0.4, -0.2) is 12.7 Å². The van der Waals surface area contributed by atoms with Crippen LogP contribution >= 0.6 is 0 Å². The van der Waals surface area contributed by atoms with E-state index in [1.54, 1.807) is 0 Å². The minimum atomic E-state index is 0.256. The lowest BCUT2D eigenvalue weighted by Gasteiger charge is -2.29. The lowest BCUT2D eigenvalue weighted by molar-refractivity contribution is -0.00688. The molecule has 0 fully saturated rings. The van der Waals surface area contributed by atoms with Gasteiger partial charge in [0.15, 0.2) is 0 Å². The van der Waals surface area contributed by atoms with Gasteiger partial charge in [-0.1, -0.05) is 0 Å². The largest absolute Gasteiger partial charge is 0.491 e. The molecular weight excluding hydrogens is 140 g/mol. The van der Waals surface area contributed by atoms with Gasteiger partial charge < -0.3 is 9.47 Å². The molecule has 0 saturated carbocycles. The fraction of sp³-hybridized carbons (Fsp3) is 0.778. The molecule has 0 aromatic heterocycles. The van der Waals surface area contributed by atoms with Gasteiger partial charge in [-0.25, -0.2) is 0 Å². The minimum Gasteiger partial charge on any atom is -0.491 e. The Morgan fingerprint density at radius 3 is 2.73 bits per heavy atom. The van der Waals surface area contributed by atoms with Gasteiger partial charge in [-0.3, -0.25) is 0 Å². The molecule has 2 rings (SSSR count). The van der Waals surface area contributed by atoms with Gasteiger partial charge in [0.05, 0.1) is 0 Å². The van der Waals surface area contributed by atoms with Crippen molar-refractivity contribution in [2.75, 3.05) is 6.61 Å². The molecule has 0 radical (unpaired) electrons. The van der Waals surface area contributed by atoms with Crippen molar-refractivity contribution < 1.29 is 9.47 Å². The standard InChI is InChI=1S/C9H14O2/c1-7-6-10-8-4-2-3-5-9(8)11-7/h7H,2-6H2,1H3. The van der Waals surface area contributed by atoms with Gasteiger partial charge in [0.2, 0.25) is 0 Å². The molecule has 1 aliphatic carbocycles. The molecule has 0 N–H and O–H groups in total. The molecule has 11 heavy (non-hydrogen) atoms. The highest BCUT2D eigenvalue weighted by Gasteiger charge is 2.22. The highest BCUT2D eigenvalue weighted by Crippen LogP contribution is 2.30. The molecule has 0 aromatic rings. The maximum atomic E-state index is 5.64.